The Kier molecular flexibility index (Phi) is 5.45. The van der Waals surface area contributed by atoms with Crippen LogP contribution in [0.4, 0.5) is 0 Å². The monoisotopic (exact) mass is 397 g/mol. The Morgan fingerprint density at radius 1 is 1.10 bits per heavy atom. The second-order valence-corrected chi connectivity index (χ2v) is 7.71. The third-order valence-corrected chi connectivity index (χ3v) is 5.95. The van der Waals surface area contributed by atoms with Crippen LogP contribution in [0.1, 0.15) is 35.2 Å². The maximum atomic E-state index is 13.2. The normalized spacial score (nSPS) is 26.0. The van der Waals surface area contributed by atoms with Crippen molar-refractivity contribution < 1.29 is 19.7 Å². The first-order valence-electron chi connectivity index (χ1n) is 9.91. The molecule has 4 N–H and O–H groups in total. The van der Waals surface area contributed by atoms with Crippen LogP contribution in [0.15, 0.2) is 42.5 Å². The first-order chi connectivity index (χ1) is 14.0. The molecule has 2 fully saturated rings. The smallest absolute Gasteiger partial charge is 0.242 e. The van der Waals surface area contributed by atoms with Gasteiger partial charge < -0.3 is 19.8 Å². The zero-order valence-corrected chi connectivity index (χ0v) is 16.6. The van der Waals surface area contributed by atoms with E-state index in [0.29, 0.717) is 13.0 Å². The lowest BCUT2D eigenvalue weighted by atomic mass is 9.83. The summed E-state index contributed by atoms with van der Waals surface area (Å²) in [5.41, 5.74) is 9.23. The highest BCUT2D eigenvalue weighted by molar-refractivity contribution is 5.86. The number of aliphatic hydroxyl groups is 1. The van der Waals surface area contributed by atoms with Gasteiger partial charge in [-0.15, -0.1) is 0 Å². The maximum Gasteiger partial charge on any atom is 0.242 e. The van der Waals surface area contributed by atoms with Crippen LogP contribution in [0.25, 0.3) is 0 Å². The third kappa shape index (κ3) is 3.46. The number of benzene rings is 2. The lowest BCUT2D eigenvalue weighted by Gasteiger charge is -2.31. The predicted octanol–water partition coefficient (Wildman–Crippen LogP) is 1.81. The molecule has 2 aliphatic rings. The number of aromatic hydroxyl groups is 1. The second-order valence-electron chi connectivity index (χ2n) is 7.71. The van der Waals surface area contributed by atoms with E-state index in [4.69, 9.17) is 4.74 Å². The summed E-state index contributed by atoms with van der Waals surface area (Å²) in [6.07, 6.45) is 0.519. The number of carbonyl (C=O) groups excluding carboxylic acids is 1. The number of nitrogens with zero attached hydrogens (tertiary/aromatic N) is 1. The van der Waals surface area contributed by atoms with E-state index >= 15 is 0 Å². The average molecular weight is 397 g/mol. The molecule has 0 radical (unpaired) electrons. The largest absolute Gasteiger partial charge is 0.508 e. The lowest BCUT2D eigenvalue weighted by Crippen LogP contribution is -2.41. The molecule has 4 unspecified atom stereocenters. The zero-order chi connectivity index (χ0) is 20.5. The number of aliphatic hydroxyl groups excluding tert-OH is 1. The van der Waals surface area contributed by atoms with Crippen molar-refractivity contribution in [3.8, 4) is 11.5 Å². The minimum atomic E-state index is -0.397. The van der Waals surface area contributed by atoms with Crippen LogP contribution in [-0.2, 0) is 4.79 Å². The third-order valence-electron chi connectivity index (χ3n) is 5.95. The van der Waals surface area contributed by atoms with Crippen LogP contribution in [0.2, 0.25) is 0 Å². The second kappa shape index (κ2) is 8.02. The minimum absolute atomic E-state index is 0.00594. The number of hydrazine groups is 1. The Bertz CT molecular complexity index is 886. The van der Waals surface area contributed by atoms with Gasteiger partial charge in [-0.3, -0.25) is 4.79 Å². The topological polar surface area (TPSA) is 94.1 Å². The molecule has 4 atom stereocenters. The minimum Gasteiger partial charge on any atom is -0.508 e. The van der Waals surface area contributed by atoms with E-state index in [1.165, 1.54) is 0 Å². The van der Waals surface area contributed by atoms with Crippen molar-refractivity contribution >= 4 is 5.91 Å². The van der Waals surface area contributed by atoms with Crippen LogP contribution >= 0.6 is 0 Å². The summed E-state index contributed by atoms with van der Waals surface area (Å²) < 4.78 is 5.28. The van der Waals surface area contributed by atoms with Crippen molar-refractivity contribution in [2.45, 2.75) is 31.5 Å². The van der Waals surface area contributed by atoms with Crippen molar-refractivity contribution in [1.29, 1.82) is 0 Å². The fourth-order valence-electron chi connectivity index (χ4n) is 4.58. The van der Waals surface area contributed by atoms with Crippen LogP contribution in [0, 0.1) is 12.8 Å². The molecule has 1 amide bonds. The average Bonchev–Trinajstić information content (AvgIpc) is 3.27. The number of phenolic OH excluding ortho intramolecular Hbond substituents is 1. The van der Waals surface area contributed by atoms with E-state index < -0.39 is 6.04 Å². The van der Waals surface area contributed by atoms with Crippen LogP contribution < -0.4 is 15.6 Å². The molecule has 7 heteroatoms. The predicted molar refractivity (Wildman–Crippen MR) is 108 cm³/mol. The zero-order valence-electron chi connectivity index (χ0n) is 16.6. The molecule has 0 aliphatic carbocycles. The van der Waals surface area contributed by atoms with Crippen molar-refractivity contribution in [3.05, 3.63) is 59.2 Å². The van der Waals surface area contributed by atoms with E-state index in [1.54, 1.807) is 13.2 Å². The Morgan fingerprint density at radius 2 is 1.83 bits per heavy atom. The standard InChI is InChI=1S/C22H27N3O4/c1-13-4-9-17(27)16(12-13)19-18-20(24-23-19)22(28)25(10-3-11-26)21(18)14-5-7-15(29-2)8-6-14/h4-9,12,18-21,23-24,26-27H,3,10-11H2,1-2H3. The number of amides is 1. The van der Waals surface area contributed by atoms with Gasteiger partial charge in [-0.2, -0.15) is 0 Å². The van der Waals surface area contributed by atoms with Crippen molar-refractivity contribution in [2.24, 2.45) is 5.92 Å². The highest BCUT2D eigenvalue weighted by atomic mass is 16.5. The molecule has 2 aliphatic heterocycles. The molecular formula is C22H27N3O4. The number of hydrogen-bond acceptors (Lipinski definition) is 6. The van der Waals surface area contributed by atoms with Gasteiger partial charge in [0.2, 0.25) is 5.91 Å². The number of phenols is 1. The van der Waals surface area contributed by atoms with E-state index in [9.17, 15) is 15.0 Å². The Hall–Kier alpha value is -2.61. The first-order valence-corrected chi connectivity index (χ1v) is 9.91. The van der Waals surface area contributed by atoms with Gasteiger partial charge in [-0.1, -0.05) is 29.8 Å². The molecule has 2 heterocycles. The molecule has 29 heavy (non-hydrogen) atoms. The number of nitrogens with one attached hydrogen (secondary N) is 2. The van der Waals surface area contributed by atoms with Gasteiger partial charge in [0.15, 0.2) is 0 Å². The molecule has 0 spiro atoms. The fourth-order valence-corrected chi connectivity index (χ4v) is 4.58. The molecule has 154 valence electrons. The lowest BCUT2D eigenvalue weighted by molar-refractivity contribution is -0.130. The first kappa shape index (κ1) is 19.7. The van der Waals surface area contributed by atoms with Gasteiger partial charge >= 0.3 is 0 Å². The summed E-state index contributed by atoms with van der Waals surface area (Å²) >= 11 is 0. The van der Waals surface area contributed by atoms with Gasteiger partial charge in [0.25, 0.3) is 0 Å². The number of fused-ring (bicyclic) bond motifs is 1. The molecule has 4 rings (SSSR count). The molecule has 7 nitrogen and oxygen atoms in total. The highest BCUT2D eigenvalue weighted by Gasteiger charge is 2.55. The highest BCUT2D eigenvalue weighted by Crippen LogP contribution is 2.48. The molecule has 2 aromatic carbocycles. The number of rotatable bonds is 6. The van der Waals surface area contributed by atoms with Gasteiger partial charge in [0.05, 0.1) is 19.2 Å². The molecule has 0 aromatic heterocycles. The molecule has 2 aromatic rings. The van der Waals surface area contributed by atoms with E-state index in [1.807, 2.05) is 48.2 Å². The molecule has 0 saturated carbocycles. The van der Waals surface area contributed by atoms with Crippen LogP contribution in [0.3, 0.4) is 0 Å². The summed E-state index contributed by atoms with van der Waals surface area (Å²) in [4.78, 5) is 15.0. The van der Waals surface area contributed by atoms with Crippen molar-refractivity contribution in [2.75, 3.05) is 20.3 Å². The summed E-state index contributed by atoms with van der Waals surface area (Å²) in [6.45, 7) is 2.49. The van der Waals surface area contributed by atoms with Gasteiger partial charge in [0, 0.05) is 24.6 Å². The number of methoxy groups -OCH3 is 1. The van der Waals surface area contributed by atoms with E-state index in [2.05, 4.69) is 10.9 Å². The molecule has 0 bridgehead atoms. The van der Waals surface area contributed by atoms with Gasteiger partial charge in [-0.25, -0.2) is 10.9 Å². The summed E-state index contributed by atoms with van der Waals surface area (Å²) in [6, 6.07) is 12.5. The maximum absolute atomic E-state index is 13.2. The number of carbonyl (C=O) groups is 1. The van der Waals surface area contributed by atoms with Crippen LogP contribution in [0.5, 0.6) is 11.5 Å². The molecule has 2 saturated heterocycles. The number of hydrogen-bond donors (Lipinski definition) is 4. The quantitative estimate of drug-likeness (QED) is 0.594. The molecular weight excluding hydrogens is 370 g/mol. The number of aryl methyl sites for hydroxylation is 1. The summed E-state index contributed by atoms with van der Waals surface area (Å²) in [5.74, 6) is 0.867. The Morgan fingerprint density at radius 3 is 2.52 bits per heavy atom. The van der Waals surface area contributed by atoms with Gasteiger partial charge in [0.1, 0.15) is 17.5 Å². The fraction of sp³-hybridized carbons (Fsp3) is 0.409. The summed E-state index contributed by atoms with van der Waals surface area (Å²) in [5, 5.41) is 19.8. The number of likely N-dealkylation sites (tertiary alicyclic amines) is 1. The SMILES string of the molecule is COc1ccc(C2C3C(NNC3c3cc(C)ccc3O)C(=O)N2CCCO)cc1. The number of ether oxygens (including phenoxy) is 1. The Balaban J connectivity index is 1.76. The van der Waals surface area contributed by atoms with E-state index in [-0.39, 0.29) is 36.3 Å². The van der Waals surface area contributed by atoms with E-state index in [0.717, 1.165) is 22.4 Å². The van der Waals surface area contributed by atoms with Gasteiger partial charge in [-0.05, 0) is 37.1 Å². The van der Waals surface area contributed by atoms with Crippen molar-refractivity contribution in [1.82, 2.24) is 15.8 Å². The van der Waals surface area contributed by atoms with Crippen LogP contribution in [-0.4, -0.2) is 47.3 Å². The summed E-state index contributed by atoms with van der Waals surface area (Å²) in [7, 11) is 1.62. The van der Waals surface area contributed by atoms with Crippen molar-refractivity contribution in [3.63, 3.8) is 0 Å². The Labute approximate surface area is 170 Å².